The summed E-state index contributed by atoms with van der Waals surface area (Å²) in [4.78, 5) is 24.4. The van der Waals surface area contributed by atoms with Crippen molar-refractivity contribution >= 4 is 11.6 Å². The fraction of sp³-hybridized carbons (Fsp3) is 0.250. The van der Waals surface area contributed by atoms with Crippen molar-refractivity contribution in [2.75, 3.05) is 20.2 Å². The van der Waals surface area contributed by atoms with Crippen molar-refractivity contribution in [3.05, 3.63) is 66.5 Å². The number of rotatable bonds is 4. The van der Waals surface area contributed by atoms with Crippen molar-refractivity contribution in [3.8, 4) is 28.4 Å². The Balaban J connectivity index is 1.58. The van der Waals surface area contributed by atoms with Crippen LogP contribution in [0, 0.1) is 0 Å². The van der Waals surface area contributed by atoms with Crippen molar-refractivity contribution in [3.63, 3.8) is 0 Å². The predicted octanol–water partition coefficient (Wildman–Crippen LogP) is 4.09. The third-order valence-electron chi connectivity index (χ3n) is 5.62. The maximum atomic E-state index is 13.1. The number of pyridine rings is 1. The second-order valence-electron chi connectivity index (χ2n) is 7.64. The van der Waals surface area contributed by atoms with Gasteiger partial charge in [0.1, 0.15) is 0 Å². The van der Waals surface area contributed by atoms with Gasteiger partial charge in [0.2, 0.25) is 5.88 Å². The fourth-order valence-electron chi connectivity index (χ4n) is 3.97. The number of benzene rings is 1. The van der Waals surface area contributed by atoms with Gasteiger partial charge in [-0.15, -0.1) is 0 Å². The van der Waals surface area contributed by atoms with E-state index in [1.807, 2.05) is 53.6 Å². The maximum absolute atomic E-state index is 13.1. The highest BCUT2D eigenvalue weighted by atomic mass is 16.5. The van der Waals surface area contributed by atoms with Crippen molar-refractivity contribution < 1.29 is 9.53 Å². The van der Waals surface area contributed by atoms with Crippen LogP contribution in [0.25, 0.3) is 28.2 Å². The first kappa shape index (κ1) is 19.2. The molecule has 7 heteroatoms. The number of nitrogens with zero attached hydrogens (tertiary/aromatic N) is 5. The van der Waals surface area contributed by atoms with E-state index in [-0.39, 0.29) is 5.91 Å². The highest BCUT2D eigenvalue weighted by molar-refractivity contribution is 5.96. The number of carbonyl (C=O) groups excluding carboxylic acids is 1. The van der Waals surface area contributed by atoms with Crippen LogP contribution in [0.1, 0.15) is 29.6 Å². The Labute approximate surface area is 180 Å². The van der Waals surface area contributed by atoms with Gasteiger partial charge in [0.05, 0.1) is 30.3 Å². The zero-order chi connectivity index (χ0) is 21.2. The Morgan fingerprint density at radius 1 is 0.968 bits per heavy atom. The number of ether oxygens (including phenoxy) is 1. The number of carbonyl (C=O) groups is 1. The molecular formula is C24H23N5O2. The molecule has 0 unspecified atom stereocenters. The predicted molar refractivity (Wildman–Crippen MR) is 118 cm³/mol. The molecule has 156 valence electrons. The third kappa shape index (κ3) is 3.74. The standard InChI is InChI=1S/C24H23N5O2/c1-31-22-15-18(24(30)28-11-6-3-7-12-28)14-21(26-22)19-16-25-29-13-10-20(27-23(19)29)17-8-4-2-5-9-17/h2,4-5,8-10,13-16H,3,6-7,11-12H2,1H3. The van der Waals surface area contributed by atoms with Crippen molar-refractivity contribution in [1.82, 2.24) is 24.5 Å². The lowest BCUT2D eigenvalue weighted by atomic mass is 10.1. The average molecular weight is 413 g/mol. The van der Waals surface area contributed by atoms with Crippen molar-refractivity contribution in [2.45, 2.75) is 19.3 Å². The van der Waals surface area contributed by atoms with E-state index < -0.39 is 0 Å². The lowest BCUT2D eigenvalue weighted by Gasteiger charge is -2.26. The normalized spacial score (nSPS) is 14.0. The number of piperidine rings is 1. The summed E-state index contributed by atoms with van der Waals surface area (Å²) in [5.74, 6) is 0.410. The minimum atomic E-state index is 0.0102. The van der Waals surface area contributed by atoms with E-state index >= 15 is 0 Å². The highest BCUT2D eigenvalue weighted by Gasteiger charge is 2.21. The van der Waals surface area contributed by atoms with Crippen molar-refractivity contribution in [1.29, 1.82) is 0 Å². The molecule has 3 aromatic heterocycles. The van der Waals surface area contributed by atoms with Crippen LogP contribution in [0.4, 0.5) is 0 Å². The molecule has 0 bridgehead atoms. The molecule has 1 aliphatic heterocycles. The maximum Gasteiger partial charge on any atom is 0.254 e. The van der Waals surface area contributed by atoms with Crippen LogP contribution in [0.15, 0.2) is 60.9 Å². The minimum absolute atomic E-state index is 0.0102. The summed E-state index contributed by atoms with van der Waals surface area (Å²) in [7, 11) is 1.56. The summed E-state index contributed by atoms with van der Waals surface area (Å²) in [6.45, 7) is 1.58. The monoisotopic (exact) mass is 413 g/mol. The van der Waals surface area contributed by atoms with E-state index in [4.69, 9.17) is 9.72 Å². The van der Waals surface area contributed by atoms with Gasteiger partial charge in [-0.1, -0.05) is 30.3 Å². The van der Waals surface area contributed by atoms with Crippen LogP contribution >= 0.6 is 0 Å². The minimum Gasteiger partial charge on any atom is -0.481 e. The zero-order valence-corrected chi connectivity index (χ0v) is 17.4. The zero-order valence-electron chi connectivity index (χ0n) is 17.4. The molecule has 7 nitrogen and oxygen atoms in total. The molecule has 0 atom stereocenters. The van der Waals surface area contributed by atoms with Crippen LogP contribution in [0.3, 0.4) is 0 Å². The largest absolute Gasteiger partial charge is 0.481 e. The number of aromatic nitrogens is 4. The number of fused-ring (bicyclic) bond motifs is 1. The van der Waals surface area contributed by atoms with Gasteiger partial charge in [-0.05, 0) is 31.4 Å². The van der Waals surface area contributed by atoms with Gasteiger partial charge in [0.25, 0.3) is 5.91 Å². The Kier molecular flexibility index (Phi) is 5.08. The fourth-order valence-corrected chi connectivity index (χ4v) is 3.97. The SMILES string of the molecule is COc1cc(C(=O)N2CCCCC2)cc(-c2cnn3ccc(-c4ccccc4)nc23)n1. The molecule has 1 fully saturated rings. The molecule has 1 amide bonds. The van der Waals surface area contributed by atoms with Gasteiger partial charge in [-0.2, -0.15) is 5.10 Å². The first-order chi connectivity index (χ1) is 15.2. The summed E-state index contributed by atoms with van der Waals surface area (Å²) in [6.07, 6.45) is 6.87. The summed E-state index contributed by atoms with van der Waals surface area (Å²) in [6, 6.07) is 15.4. The first-order valence-corrected chi connectivity index (χ1v) is 10.5. The number of methoxy groups -OCH3 is 1. The number of hydrogen-bond acceptors (Lipinski definition) is 5. The Hall–Kier alpha value is -3.74. The molecule has 4 aromatic rings. The highest BCUT2D eigenvalue weighted by Crippen LogP contribution is 2.28. The van der Waals surface area contributed by atoms with E-state index in [1.165, 1.54) is 6.42 Å². The van der Waals surface area contributed by atoms with Crippen molar-refractivity contribution in [2.24, 2.45) is 0 Å². The molecule has 0 N–H and O–H groups in total. The van der Waals surface area contributed by atoms with Crippen LogP contribution in [-0.2, 0) is 0 Å². The van der Waals surface area contributed by atoms with Gasteiger partial charge in [-0.25, -0.2) is 14.5 Å². The van der Waals surface area contributed by atoms with Gasteiger partial charge < -0.3 is 9.64 Å². The molecular weight excluding hydrogens is 390 g/mol. The lowest BCUT2D eigenvalue weighted by Crippen LogP contribution is -2.35. The smallest absolute Gasteiger partial charge is 0.254 e. The molecule has 5 rings (SSSR count). The van der Waals surface area contributed by atoms with E-state index in [0.29, 0.717) is 22.8 Å². The van der Waals surface area contributed by atoms with Gasteiger partial charge in [-0.3, -0.25) is 4.79 Å². The molecule has 4 heterocycles. The first-order valence-electron chi connectivity index (χ1n) is 10.5. The molecule has 31 heavy (non-hydrogen) atoms. The summed E-state index contributed by atoms with van der Waals surface area (Å²) < 4.78 is 7.12. The van der Waals surface area contributed by atoms with Gasteiger partial charge >= 0.3 is 0 Å². The van der Waals surface area contributed by atoms with Gasteiger partial charge in [0, 0.05) is 36.5 Å². The molecule has 0 radical (unpaired) electrons. The number of likely N-dealkylation sites (tertiary alicyclic amines) is 1. The van der Waals surface area contributed by atoms with E-state index in [2.05, 4.69) is 10.1 Å². The molecule has 1 saturated heterocycles. The van der Waals surface area contributed by atoms with Crippen LogP contribution < -0.4 is 4.74 Å². The topological polar surface area (TPSA) is 72.6 Å². The van der Waals surface area contributed by atoms with E-state index in [9.17, 15) is 4.79 Å². The Bertz CT molecular complexity index is 1230. The van der Waals surface area contributed by atoms with E-state index in [0.717, 1.165) is 42.8 Å². The molecule has 0 spiro atoms. The van der Waals surface area contributed by atoms with Crippen LogP contribution in [0.5, 0.6) is 5.88 Å². The second-order valence-corrected chi connectivity index (χ2v) is 7.64. The van der Waals surface area contributed by atoms with Gasteiger partial charge in [0.15, 0.2) is 5.65 Å². The molecule has 0 saturated carbocycles. The quantitative estimate of drug-likeness (QED) is 0.504. The Morgan fingerprint density at radius 3 is 2.55 bits per heavy atom. The number of hydrogen-bond donors (Lipinski definition) is 0. The average Bonchev–Trinajstić information content (AvgIpc) is 3.27. The van der Waals surface area contributed by atoms with Crippen LogP contribution in [0.2, 0.25) is 0 Å². The summed E-state index contributed by atoms with van der Waals surface area (Å²) in [5, 5.41) is 4.43. The molecule has 0 aliphatic carbocycles. The molecule has 1 aromatic carbocycles. The van der Waals surface area contributed by atoms with Crippen LogP contribution in [-0.4, -0.2) is 50.6 Å². The molecule has 1 aliphatic rings. The van der Waals surface area contributed by atoms with E-state index in [1.54, 1.807) is 23.9 Å². The summed E-state index contributed by atoms with van der Waals surface area (Å²) >= 11 is 0. The number of amides is 1. The Morgan fingerprint density at radius 2 is 1.77 bits per heavy atom. The second kappa shape index (κ2) is 8.18. The third-order valence-corrected chi connectivity index (χ3v) is 5.62. The summed E-state index contributed by atoms with van der Waals surface area (Å²) in [5.41, 5.74) is 4.50. The lowest BCUT2D eigenvalue weighted by molar-refractivity contribution is 0.0724.